The van der Waals surface area contributed by atoms with Gasteiger partial charge in [0.1, 0.15) is 12.2 Å². The second-order valence-electron chi connectivity index (χ2n) is 3.88. The maximum atomic E-state index is 13.2. The molecule has 4 atom stereocenters. The average molecular weight is 245 g/mol. The molecule has 2 heterocycles. The Hall–Kier alpha value is -1.51. The monoisotopic (exact) mass is 245 g/mol. The highest BCUT2D eigenvalue weighted by Gasteiger charge is 2.41. The summed E-state index contributed by atoms with van der Waals surface area (Å²) in [5.74, 6) is -1.42. The first-order valence-electron chi connectivity index (χ1n) is 4.97. The molecule has 8 heteroatoms. The van der Waals surface area contributed by atoms with Gasteiger partial charge in [-0.3, -0.25) is 4.57 Å². The summed E-state index contributed by atoms with van der Waals surface area (Å²) in [6.07, 6.45) is -3.51. The molecular weight excluding hydrogens is 233 g/mol. The number of hydrogen-bond acceptors (Lipinski definition) is 6. The van der Waals surface area contributed by atoms with Gasteiger partial charge < -0.3 is 20.7 Å². The van der Waals surface area contributed by atoms with Crippen molar-refractivity contribution in [2.24, 2.45) is 0 Å². The zero-order valence-corrected chi connectivity index (χ0v) is 8.95. The van der Waals surface area contributed by atoms with Crippen molar-refractivity contribution in [1.82, 2.24) is 9.55 Å². The SMILES string of the molecule is C[C@H]1OC(n2cc(F)c(N)nc2=O)[C@H](O)[C@@H]1O. The first-order valence-corrected chi connectivity index (χ1v) is 4.97. The van der Waals surface area contributed by atoms with Crippen molar-refractivity contribution in [2.45, 2.75) is 31.5 Å². The lowest BCUT2D eigenvalue weighted by Crippen LogP contribution is -2.35. The van der Waals surface area contributed by atoms with Gasteiger partial charge in [-0.25, -0.2) is 9.18 Å². The molecule has 0 radical (unpaired) electrons. The van der Waals surface area contributed by atoms with Crippen LogP contribution in [0.4, 0.5) is 10.2 Å². The molecule has 1 aromatic rings. The molecule has 1 aromatic heterocycles. The number of ether oxygens (including phenoxy) is 1. The summed E-state index contributed by atoms with van der Waals surface area (Å²) in [5.41, 5.74) is 4.27. The predicted molar refractivity (Wildman–Crippen MR) is 54.5 cm³/mol. The van der Waals surface area contributed by atoms with E-state index >= 15 is 0 Å². The van der Waals surface area contributed by atoms with E-state index in [4.69, 9.17) is 10.5 Å². The Morgan fingerprint density at radius 2 is 2.18 bits per heavy atom. The molecule has 0 bridgehead atoms. The van der Waals surface area contributed by atoms with Crippen LogP contribution in [0.2, 0.25) is 0 Å². The molecule has 1 saturated heterocycles. The zero-order chi connectivity index (χ0) is 12.7. The largest absolute Gasteiger partial charge is 0.388 e. The zero-order valence-electron chi connectivity index (χ0n) is 8.95. The van der Waals surface area contributed by atoms with Crippen LogP contribution in [0.1, 0.15) is 13.2 Å². The minimum Gasteiger partial charge on any atom is -0.388 e. The van der Waals surface area contributed by atoms with Crippen LogP contribution in [0.5, 0.6) is 0 Å². The summed E-state index contributed by atoms with van der Waals surface area (Å²) in [6, 6.07) is 0. The quantitative estimate of drug-likeness (QED) is 0.561. The Labute approximate surface area is 95.3 Å². The van der Waals surface area contributed by atoms with E-state index in [1.54, 1.807) is 0 Å². The van der Waals surface area contributed by atoms with Gasteiger partial charge in [0, 0.05) is 0 Å². The smallest absolute Gasteiger partial charge is 0.351 e. The van der Waals surface area contributed by atoms with Crippen molar-refractivity contribution in [1.29, 1.82) is 0 Å². The van der Waals surface area contributed by atoms with Crippen molar-refractivity contribution in [3.63, 3.8) is 0 Å². The Bertz CT molecular complexity index is 492. The van der Waals surface area contributed by atoms with Crippen LogP contribution < -0.4 is 11.4 Å². The van der Waals surface area contributed by atoms with E-state index in [1.165, 1.54) is 6.92 Å². The van der Waals surface area contributed by atoms with Crippen molar-refractivity contribution in [2.75, 3.05) is 5.73 Å². The van der Waals surface area contributed by atoms with Crippen molar-refractivity contribution in [3.05, 3.63) is 22.5 Å². The summed E-state index contributed by atoms with van der Waals surface area (Å²) < 4.78 is 19.1. The van der Waals surface area contributed by atoms with Crippen LogP contribution in [0.25, 0.3) is 0 Å². The second kappa shape index (κ2) is 4.06. The number of aliphatic hydroxyl groups excluding tert-OH is 2. The number of hydrogen-bond donors (Lipinski definition) is 3. The second-order valence-corrected chi connectivity index (χ2v) is 3.88. The Morgan fingerprint density at radius 1 is 1.53 bits per heavy atom. The highest BCUT2D eigenvalue weighted by molar-refractivity contribution is 5.26. The van der Waals surface area contributed by atoms with Crippen LogP contribution in [0.3, 0.4) is 0 Å². The Kier molecular flexibility index (Phi) is 2.86. The molecule has 0 spiro atoms. The first-order chi connectivity index (χ1) is 7.91. The third-order valence-electron chi connectivity index (χ3n) is 2.69. The number of nitrogens with two attached hydrogens (primary N) is 1. The van der Waals surface area contributed by atoms with Crippen molar-refractivity contribution < 1.29 is 19.3 Å². The van der Waals surface area contributed by atoms with E-state index < -0.39 is 41.9 Å². The molecule has 2 rings (SSSR count). The van der Waals surface area contributed by atoms with E-state index in [0.29, 0.717) is 0 Å². The summed E-state index contributed by atoms with van der Waals surface area (Å²) >= 11 is 0. The van der Waals surface area contributed by atoms with Gasteiger partial charge in [0.05, 0.1) is 12.3 Å². The number of halogens is 1. The highest BCUT2D eigenvalue weighted by Crippen LogP contribution is 2.28. The van der Waals surface area contributed by atoms with E-state index in [2.05, 4.69) is 4.98 Å². The van der Waals surface area contributed by atoms with Gasteiger partial charge in [0.15, 0.2) is 17.9 Å². The lowest BCUT2D eigenvalue weighted by molar-refractivity contribution is -0.0355. The molecule has 1 fully saturated rings. The average Bonchev–Trinajstić information content (AvgIpc) is 2.51. The summed E-state index contributed by atoms with van der Waals surface area (Å²) in [6.45, 7) is 1.53. The summed E-state index contributed by atoms with van der Waals surface area (Å²) in [4.78, 5) is 14.7. The molecule has 1 unspecified atom stereocenters. The molecule has 0 amide bonds. The maximum Gasteiger partial charge on any atom is 0.351 e. The number of aromatic nitrogens is 2. The topological polar surface area (TPSA) is 111 Å². The molecule has 1 aliphatic heterocycles. The first kappa shape index (κ1) is 12.0. The third-order valence-corrected chi connectivity index (χ3v) is 2.69. The summed E-state index contributed by atoms with van der Waals surface area (Å²) in [7, 11) is 0. The lowest BCUT2D eigenvalue weighted by Gasteiger charge is -2.17. The van der Waals surface area contributed by atoms with Crippen molar-refractivity contribution >= 4 is 5.82 Å². The molecule has 0 aromatic carbocycles. The Balaban J connectivity index is 2.42. The number of nitrogens with zero attached hydrogens (tertiary/aromatic N) is 2. The molecule has 0 saturated carbocycles. The van der Waals surface area contributed by atoms with E-state index in [9.17, 15) is 19.4 Å². The van der Waals surface area contributed by atoms with E-state index in [0.717, 1.165) is 10.8 Å². The lowest BCUT2D eigenvalue weighted by atomic mass is 10.1. The van der Waals surface area contributed by atoms with Crippen LogP contribution >= 0.6 is 0 Å². The normalized spacial score (nSPS) is 32.9. The predicted octanol–water partition coefficient (Wildman–Crippen LogP) is -1.40. The summed E-state index contributed by atoms with van der Waals surface area (Å²) in [5, 5.41) is 19.1. The van der Waals surface area contributed by atoms with Crippen LogP contribution in [0, 0.1) is 5.82 Å². The standard InChI is InChI=1S/C9H12FN3O4/c1-3-5(14)6(15)8(17-3)13-2-4(10)7(11)12-9(13)16/h2-3,5-6,8,14-15H,1H3,(H2,11,12,16)/t3-,5-,6-,8?/m1/s1. The molecule has 7 nitrogen and oxygen atoms in total. The van der Waals surface area contributed by atoms with Gasteiger partial charge in [-0.15, -0.1) is 0 Å². The van der Waals surface area contributed by atoms with Gasteiger partial charge in [-0.1, -0.05) is 0 Å². The highest BCUT2D eigenvalue weighted by atomic mass is 19.1. The maximum absolute atomic E-state index is 13.2. The molecule has 17 heavy (non-hydrogen) atoms. The van der Waals surface area contributed by atoms with Gasteiger partial charge in [-0.2, -0.15) is 4.98 Å². The van der Waals surface area contributed by atoms with Crippen LogP contribution in [-0.2, 0) is 4.74 Å². The number of anilines is 1. The fourth-order valence-corrected chi connectivity index (χ4v) is 1.70. The fraction of sp³-hybridized carbons (Fsp3) is 0.556. The van der Waals surface area contributed by atoms with Gasteiger partial charge in [0.2, 0.25) is 0 Å². The van der Waals surface area contributed by atoms with E-state index in [1.807, 2.05) is 0 Å². The van der Waals surface area contributed by atoms with Gasteiger partial charge >= 0.3 is 5.69 Å². The molecule has 4 N–H and O–H groups in total. The number of aliphatic hydroxyl groups is 2. The third kappa shape index (κ3) is 1.90. The van der Waals surface area contributed by atoms with E-state index in [-0.39, 0.29) is 0 Å². The van der Waals surface area contributed by atoms with Gasteiger partial charge in [-0.05, 0) is 6.92 Å². The molecular formula is C9H12FN3O4. The van der Waals surface area contributed by atoms with Crippen LogP contribution in [0.15, 0.2) is 11.0 Å². The molecule has 94 valence electrons. The number of nitrogen functional groups attached to an aromatic ring is 1. The minimum absolute atomic E-state index is 0.521. The minimum atomic E-state index is -1.33. The van der Waals surface area contributed by atoms with Crippen molar-refractivity contribution in [3.8, 4) is 0 Å². The Morgan fingerprint density at radius 3 is 2.71 bits per heavy atom. The molecule has 1 aliphatic rings. The van der Waals surface area contributed by atoms with Crippen LogP contribution in [-0.4, -0.2) is 38.1 Å². The number of rotatable bonds is 1. The fourth-order valence-electron chi connectivity index (χ4n) is 1.70. The molecule has 0 aliphatic carbocycles. The van der Waals surface area contributed by atoms with Gasteiger partial charge in [0.25, 0.3) is 0 Å².